The van der Waals surface area contributed by atoms with E-state index in [0.717, 1.165) is 17.7 Å². The molecule has 1 aliphatic rings. The van der Waals surface area contributed by atoms with Gasteiger partial charge >= 0.3 is 6.18 Å². The van der Waals surface area contributed by atoms with Gasteiger partial charge in [-0.3, -0.25) is 4.79 Å². The number of hydrogen-bond donors (Lipinski definition) is 1. The standard InChI is InChI=1S/C16H13F3N2O/c17-16(18,19)11-7-4-8-12(9-11)21-14(13(20)15(21)22)10-5-2-1-3-6-10/h1-9,13-14H,20H2/t13-,14-/m0/s1. The molecule has 3 rings (SSSR count). The molecule has 0 bridgehead atoms. The molecule has 22 heavy (non-hydrogen) atoms. The summed E-state index contributed by atoms with van der Waals surface area (Å²) in [4.78, 5) is 13.3. The Morgan fingerprint density at radius 3 is 2.32 bits per heavy atom. The lowest BCUT2D eigenvalue weighted by molar-refractivity contribution is -0.137. The third-order valence-electron chi connectivity index (χ3n) is 3.73. The van der Waals surface area contributed by atoms with Gasteiger partial charge in [-0.2, -0.15) is 13.2 Å². The van der Waals surface area contributed by atoms with Crippen LogP contribution in [-0.4, -0.2) is 11.9 Å². The molecule has 0 radical (unpaired) electrons. The summed E-state index contributed by atoms with van der Waals surface area (Å²) in [5.41, 5.74) is 6.05. The number of halogens is 3. The minimum Gasteiger partial charge on any atom is -0.318 e. The molecule has 0 unspecified atom stereocenters. The molecule has 2 aromatic rings. The lowest BCUT2D eigenvalue weighted by Crippen LogP contribution is -2.63. The van der Waals surface area contributed by atoms with Gasteiger partial charge in [0, 0.05) is 5.69 Å². The van der Waals surface area contributed by atoms with Crippen molar-refractivity contribution in [1.82, 2.24) is 0 Å². The number of nitrogens with two attached hydrogens (primary N) is 1. The van der Waals surface area contributed by atoms with Gasteiger partial charge in [0.15, 0.2) is 0 Å². The van der Waals surface area contributed by atoms with Crippen LogP contribution in [0.25, 0.3) is 0 Å². The largest absolute Gasteiger partial charge is 0.416 e. The Bertz CT molecular complexity index is 700. The molecule has 0 aromatic heterocycles. The molecule has 1 aliphatic heterocycles. The smallest absolute Gasteiger partial charge is 0.318 e. The predicted octanol–water partition coefficient (Wildman–Crippen LogP) is 3.12. The Balaban J connectivity index is 1.98. The van der Waals surface area contributed by atoms with Crippen LogP contribution < -0.4 is 10.6 Å². The zero-order chi connectivity index (χ0) is 15.9. The van der Waals surface area contributed by atoms with Gasteiger partial charge in [0.05, 0.1) is 11.6 Å². The van der Waals surface area contributed by atoms with Crippen molar-refractivity contribution in [3.63, 3.8) is 0 Å². The van der Waals surface area contributed by atoms with Crippen molar-refractivity contribution in [1.29, 1.82) is 0 Å². The number of rotatable bonds is 2. The van der Waals surface area contributed by atoms with Crippen LogP contribution in [0, 0.1) is 0 Å². The van der Waals surface area contributed by atoms with E-state index < -0.39 is 23.8 Å². The molecule has 1 amide bonds. The lowest BCUT2D eigenvalue weighted by atomic mass is 9.88. The molecule has 3 nitrogen and oxygen atoms in total. The molecular weight excluding hydrogens is 293 g/mol. The van der Waals surface area contributed by atoms with E-state index in [1.165, 1.54) is 17.0 Å². The molecule has 6 heteroatoms. The summed E-state index contributed by atoms with van der Waals surface area (Å²) in [7, 11) is 0. The van der Waals surface area contributed by atoms with Crippen LogP contribution in [-0.2, 0) is 11.0 Å². The highest BCUT2D eigenvalue weighted by Gasteiger charge is 2.47. The number of amides is 1. The van der Waals surface area contributed by atoms with Crippen LogP contribution >= 0.6 is 0 Å². The Hall–Kier alpha value is -2.34. The van der Waals surface area contributed by atoms with E-state index in [1.807, 2.05) is 6.07 Å². The normalized spacial score (nSPS) is 21.6. The molecule has 0 aliphatic carbocycles. The van der Waals surface area contributed by atoms with E-state index in [2.05, 4.69) is 0 Å². The van der Waals surface area contributed by atoms with E-state index in [-0.39, 0.29) is 11.6 Å². The molecular formula is C16H13F3N2O. The summed E-state index contributed by atoms with van der Waals surface area (Å²) in [5.74, 6) is -0.381. The molecule has 2 N–H and O–H groups in total. The van der Waals surface area contributed by atoms with Gasteiger partial charge in [-0.05, 0) is 23.8 Å². The first kappa shape index (κ1) is 14.6. The van der Waals surface area contributed by atoms with Crippen molar-refractivity contribution >= 4 is 11.6 Å². The van der Waals surface area contributed by atoms with E-state index in [9.17, 15) is 18.0 Å². The summed E-state index contributed by atoms with van der Waals surface area (Å²) in [6.45, 7) is 0. The van der Waals surface area contributed by atoms with Crippen LogP contribution in [0.3, 0.4) is 0 Å². The van der Waals surface area contributed by atoms with E-state index in [4.69, 9.17) is 5.73 Å². The zero-order valence-electron chi connectivity index (χ0n) is 11.4. The number of carbonyl (C=O) groups is 1. The number of benzene rings is 2. The summed E-state index contributed by atoms with van der Waals surface area (Å²) in [6, 6.07) is 12.6. The van der Waals surface area contributed by atoms with Gasteiger partial charge in [-0.1, -0.05) is 36.4 Å². The number of anilines is 1. The highest BCUT2D eigenvalue weighted by molar-refractivity contribution is 6.05. The maximum Gasteiger partial charge on any atom is 0.416 e. The fourth-order valence-electron chi connectivity index (χ4n) is 2.64. The second-order valence-corrected chi connectivity index (χ2v) is 5.14. The van der Waals surface area contributed by atoms with Gasteiger partial charge in [0.25, 0.3) is 0 Å². The highest BCUT2D eigenvalue weighted by Crippen LogP contribution is 2.40. The molecule has 0 saturated carbocycles. The summed E-state index contributed by atoms with van der Waals surface area (Å²) in [5, 5.41) is 0. The quantitative estimate of drug-likeness (QED) is 0.867. The zero-order valence-corrected chi connectivity index (χ0v) is 11.4. The minimum atomic E-state index is -4.45. The van der Waals surface area contributed by atoms with Crippen LogP contribution in [0.4, 0.5) is 18.9 Å². The van der Waals surface area contributed by atoms with Crippen LogP contribution in [0.1, 0.15) is 17.2 Å². The second-order valence-electron chi connectivity index (χ2n) is 5.14. The first-order valence-corrected chi connectivity index (χ1v) is 6.70. The summed E-state index contributed by atoms with van der Waals surface area (Å²) < 4.78 is 38.5. The third kappa shape index (κ3) is 2.35. The molecule has 0 spiro atoms. The number of alkyl halides is 3. The molecule has 1 saturated heterocycles. The fourth-order valence-corrected chi connectivity index (χ4v) is 2.64. The van der Waals surface area contributed by atoms with Gasteiger partial charge in [-0.25, -0.2) is 0 Å². The van der Waals surface area contributed by atoms with Crippen LogP contribution in [0.2, 0.25) is 0 Å². The second kappa shape index (κ2) is 5.14. The predicted molar refractivity (Wildman–Crippen MR) is 76.1 cm³/mol. The lowest BCUT2D eigenvalue weighted by Gasteiger charge is -2.45. The molecule has 114 valence electrons. The number of nitrogens with zero attached hydrogens (tertiary/aromatic N) is 1. The minimum absolute atomic E-state index is 0.204. The Kier molecular flexibility index (Phi) is 3.41. The monoisotopic (exact) mass is 306 g/mol. The topological polar surface area (TPSA) is 46.3 Å². The van der Waals surface area contributed by atoms with Crippen molar-refractivity contribution in [2.24, 2.45) is 5.73 Å². The number of hydrogen-bond acceptors (Lipinski definition) is 2. The average molecular weight is 306 g/mol. The van der Waals surface area contributed by atoms with E-state index in [0.29, 0.717) is 0 Å². The van der Waals surface area contributed by atoms with Crippen molar-refractivity contribution in [2.75, 3.05) is 4.90 Å². The number of β-lactam (4-membered cyclic amide) rings is 1. The van der Waals surface area contributed by atoms with Gasteiger partial charge in [-0.15, -0.1) is 0 Å². The van der Waals surface area contributed by atoms with Crippen LogP contribution in [0.5, 0.6) is 0 Å². The van der Waals surface area contributed by atoms with E-state index in [1.54, 1.807) is 24.3 Å². The van der Waals surface area contributed by atoms with Crippen molar-refractivity contribution in [3.05, 3.63) is 65.7 Å². The molecule has 1 fully saturated rings. The van der Waals surface area contributed by atoms with Crippen molar-refractivity contribution in [3.8, 4) is 0 Å². The SMILES string of the molecule is N[C@@H]1C(=O)N(c2cccc(C(F)(F)F)c2)[C@H]1c1ccccc1. The van der Waals surface area contributed by atoms with Gasteiger partial charge < -0.3 is 10.6 Å². The first-order chi connectivity index (χ1) is 10.4. The Morgan fingerprint density at radius 2 is 1.68 bits per heavy atom. The molecule has 2 atom stereocenters. The van der Waals surface area contributed by atoms with E-state index >= 15 is 0 Å². The van der Waals surface area contributed by atoms with Gasteiger partial charge in [0.2, 0.25) is 5.91 Å². The maximum absolute atomic E-state index is 12.8. The maximum atomic E-state index is 12.8. The first-order valence-electron chi connectivity index (χ1n) is 6.70. The Labute approximate surface area is 125 Å². The molecule has 2 aromatic carbocycles. The number of carbonyl (C=O) groups excluding carboxylic acids is 1. The van der Waals surface area contributed by atoms with Crippen LogP contribution in [0.15, 0.2) is 54.6 Å². The Morgan fingerprint density at radius 1 is 1.00 bits per heavy atom. The summed E-state index contributed by atoms with van der Waals surface area (Å²) in [6.07, 6.45) is -4.45. The third-order valence-corrected chi connectivity index (χ3v) is 3.73. The van der Waals surface area contributed by atoms with Crippen molar-refractivity contribution in [2.45, 2.75) is 18.3 Å². The fraction of sp³-hybridized carbons (Fsp3) is 0.188. The highest BCUT2D eigenvalue weighted by atomic mass is 19.4. The van der Waals surface area contributed by atoms with Gasteiger partial charge in [0.1, 0.15) is 6.04 Å². The summed E-state index contributed by atoms with van der Waals surface area (Å²) >= 11 is 0. The average Bonchev–Trinajstić information content (AvgIpc) is 2.51. The molecule has 1 heterocycles. The van der Waals surface area contributed by atoms with Crippen molar-refractivity contribution < 1.29 is 18.0 Å².